The van der Waals surface area contributed by atoms with Crippen LogP contribution in [0.15, 0.2) is 51.7 Å². The van der Waals surface area contributed by atoms with Crippen LogP contribution in [0.4, 0.5) is 0 Å². The van der Waals surface area contributed by atoms with Crippen molar-refractivity contribution >= 4 is 33.1 Å². The number of sulfonamides is 1. The fourth-order valence-corrected chi connectivity index (χ4v) is 6.37. The van der Waals surface area contributed by atoms with E-state index >= 15 is 0 Å². The number of hydrogen-bond acceptors (Lipinski definition) is 6. The number of benzene rings is 1. The van der Waals surface area contributed by atoms with E-state index in [-0.39, 0.29) is 16.8 Å². The molecule has 9 heteroatoms. The Morgan fingerprint density at radius 3 is 2.72 bits per heavy atom. The summed E-state index contributed by atoms with van der Waals surface area (Å²) in [6, 6.07) is 11.4. The summed E-state index contributed by atoms with van der Waals surface area (Å²) in [6.45, 7) is 3.39. The van der Waals surface area contributed by atoms with Crippen molar-refractivity contribution in [1.82, 2.24) is 14.9 Å². The van der Waals surface area contributed by atoms with Gasteiger partial charge in [-0.3, -0.25) is 19.4 Å². The summed E-state index contributed by atoms with van der Waals surface area (Å²) < 4.78 is 26.7. The Morgan fingerprint density at radius 2 is 1.94 bits per heavy atom. The number of carbonyl (C=O) groups is 1. The monoisotopic (exact) mass is 474 g/mol. The molecule has 7 nitrogen and oxygen atoms in total. The first kappa shape index (κ1) is 22.9. The molecule has 2 aliphatic heterocycles. The molecular weight excluding hydrogens is 444 g/mol. The minimum absolute atomic E-state index is 0.0922. The fraction of sp³-hybridized carbons (Fsp3) is 0.478. The second-order valence-corrected chi connectivity index (χ2v) is 10.9. The Bertz CT molecular complexity index is 1040. The highest BCUT2D eigenvalue weighted by molar-refractivity contribution is 7.90. The van der Waals surface area contributed by atoms with Gasteiger partial charge in [-0.2, -0.15) is 0 Å². The van der Waals surface area contributed by atoms with Crippen LogP contribution in [0.3, 0.4) is 0 Å². The van der Waals surface area contributed by atoms with Crippen LogP contribution in [-0.2, 0) is 14.8 Å². The van der Waals surface area contributed by atoms with Crippen molar-refractivity contribution in [2.45, 2.75) is 49.5 Å². The molecule has 3 heterocycles. The van der Waals surface area contributed by atoms with E-state index in [2.05, 4.69) is 37.4 Å². The molecule has 0 aliphatic carbocycles. The number of unbranched alkanes of at least 4 members (excludes halogenated alkanes) is 2. The van der Waals surface area contributed by atoms with Gasteiger partial charge in [0.15, 0.2) is 0 Å². The number of hydrogen-bond donors (Lipinski definition) is 2. The van der Waals surface area contributed by atoms with Crippen molar-refractivity contribution in [1.29, 1.82) is 0 Å². The summed E-state index contributed by atoms with van der Waals surface area (Å²) >= 11 is 1.75. The zero-order valence-electron chi connectivity index (χ0n) is 18.1. The van der Waals surface area contributed by atoms with E-state index in [0.717, 1.165) is 32.4 Å². The third-order valence-electron chi connectivity index (χ3n) is 5.94. The van der Waals surface area contributed by atoms with E-state index in [4.69, 9.17) is 0 Å². The zero-order valence-corrected chi connectivity index (χ0v) is 19.8. The third kappa shape index (κ3) is 5.57. The van der Waals surface area contributed by atoms with Crippen LogP contribution in [0.1, 0.15) is 55.0 Å². The topological polar surface area (TPSA) is 90.9 Å². The van der Waals surface area contributed by atoms with Gasteiger partial charge in [-0.05, 0) is 62.4 Å². The highest BCUT2D eigenvalue weighted by atomic mass is 32.2. The van der Waals surface area contributed by atoms with Crippen LogP contribution < -0.4 is 10.0 Å². The summed E-state index contributed by atoms with van der Waals surface area (Å²) in [7, 11) is -3.49. The van der Waals surface area contributed by atoms with Crippen molar-refractivity contribution in [3.8, 4) is 0 Å². The average molecular weight is 475 g/mol. The summed E-state index contributed by atoms with van der Waals surface area (Å²) in [4.78, 5) is 20.9. The number of fused-ring (bicyclic) bond motifs is 1. The second-order valence-electron chi connectivity index (χ2n) is 8.22. The Hall–Kier alpha value is -2.23. The van der Waals surface area contributed by atoms with Gasteiger partial charge in [-0.1, -0.05) is 24.6 Å². The van der Waals surface area contributed by atoms with Crippen molar-refractivity contribution in [2.75, 3.05) is 26.2 Å². The molecule has 1 amide bonds. The van der Waals surface area contributed by atoms with Crippen LogP contribution >= 0.6 is 11.3 Å². The molecule has 1 atom stereocenters. The van der Waals surface area contributed by atoms with Crippen molar-refractivity contribution in [3.63, 3.8) is 0 Å². The fourth-order valence-electron chi connectivity index (χ4n) is 4.26. The normalized spacial score (nSPS) is 19.6. The van der Waals surface area contributed by atoms with E-state index in [0.29, 0.717) is 30.9 Å². The van der Waals surface area contributed by atoms with Crippen LogP contribution in [0.5, 0.6) is 0 Å². The number of amidine groups is 1. The van der Waals surface area contributed by atoms with Crippen molar-refractivity contribution in [2.24, 2.45) is 4.99 Å². The van der Waals surface area contributed by atoms with Crippen LogP contribution in [0, 0.1) is 0 Å². The number of thiophene rings is 1. The van der Waals surface area contributed by atoms with E-state index in [1.807, 2.05) is 6.07 Å². The number of nitrogens with zero attached hydrogens (tertiary/aromatic N) is 2. The predicted octanol–water partition coefficient (Wildman–Crippen LogP) is 3.30. The molecule has 4 rings (SSSR count). The van der Waals surface area contributed by atoms with Gasteiger partial charge in [-0.25, -0.2) is 8.42 Å². The van der Waals surface area contributed by atoms with Crippen molar-refractivity contribution < 1.29 is 13.2 Å². The largest absolute Gasteiger partial charge is 0.354 e. The number of nitrogens with one attached hydrogen (secondary N) is 2. The van der Waals surface area contributed by atoms with Gasteiger partial charge in [0.2, 0.25) is 5.91 Å². The molecule has 2 aromatic rings. The molecule has 1 aromatic carbocycles. The number of amides is 1. The summed E-state index contributed by atoms with van der Waals surface area (Å²) in [5.74, 6) is 0.509. The molecule has 1 aromatic heterocycles. The lowest BCUT2D eigenvalue weighted by atomic mass is 10.1. The SMILES string of the molecule is O=C(CCCCCN=C1NS(=O)(=O)c2ccccc21)NCC(c1cccs1)N1CCCC1. The Labute approximate surface area is 194 Å². The first-order chi connectivity index (χ1) is 15.5. The molecule has 0 radical (unpaired) electrons. The summed E-state index contributed by atoms with van der Waals surface area (Å²) in [5, 5.41) is 5.22. The van der Waals surface area contributed by atoms with Gasteiger partial charge in [0.05, 0.1) is 10.9 Å². The molecule has 172 valence electrons. The molecule has 0 saturated carbocycles. The minimum atomic E-state index is -3.49. The maximum Gasteiger partial charge on any atom is 0.263 e. The number of carbonyl (C=O) groups excluding carboxylic acids is 1. The lowest BCUT2D eigenvalue weighted by Crippen LogP contribution is -2.36. The van der Waals surface area contributed by atoms with E-state index < -0.39 is 10.0 Å². The smallest absolute Gasteiger partial charge is 0.263 e. The van der Waals surface area contributed by atoms with Crippen LogP contribution in [0.25, 0.3) is 0 Å². The summed E-state index contributed by atoms with van der Waals surface area (Å²) in [5.41, 5.74) is 0.630. The van der Waals surface area contributed by atoms with Gasteiger partial charge >= 0.3 is 0 Å². The molecule has 1 fully saturated rings. The Morgan fingerprint density at radius 1 is 1.12 bits per heavy atom. The highest BCUT2D eigenvalue weighted by Gasteiger charge is 2.30. The maximum atomic E-state index is 12.4. The van der Waals surface area contributed by atoms with E-state index in [9.17, 15) is 13.2 Å². The first-order valence-electron chi connectivity index (χ1n) is 11.3. The van der Waals surface area contributed by atoms with Crippen molar-refractivity contribution in [3.05, 3.63) is 52.2 Å². The lowest BCUT2D eigenvalue weighted by molar-refractivity contribution is -0.121. The maximum absolute atomic E-state index is 12.4. The van der Waals surface area contributed by atoms with E-state index in [1.54, 1.807) is 29.5 Å². The molecule has 1 saturated heterocycles. The second kappa shape index (κ2) is 10.6. The molecule has 2 N–H and O–H groups in total. The van der Waals surface area contributed by atoms with Gasteiger partial charge in [0.25, 0.3) is 10.0 Å². The predicted molar refractivity (Wildman–Crippen MR) is 128 cm³/mol. The number of likely N-dealkylation sites (tertiary alicyclic amines) is 1. The van der Waals surface area contributed by atoms with Crippen LogP contribution in [0.2, 0.25) is 0 Å². The highest BCUT2D eigenvalue weighted by Crippen LogP contribution is 2.28. The quantitative estimate of drug-likeness (QED) is 0.517. The molecule has 32 heavy (non-hydrogen) atoms. The average Bonchev–Trinajstić information content (AvgIpc) is 3.54. The summed E-state index contributed by atoms with van der Waals surface area (Å²) in [6.07, 6.45) is 5.45. The van der Waals surface area contributed by atoms with Gasteiger partial charge in [-0.15, -0.1) is 11.3 Å². The molecule has 1 unspecified atom stereocenters. The first-order valence-corrected chi connectivity index (χ1v) is 13.6. The molecule has 0 spiro atoms. The molecular formula is C23H30N4O3S2. The number of aliphatic imine (C=N–C) groups is 1. The van der Waals surface area contributed by atoms with Gasteiger partial charge < -0.3 is 5.32 Å². The lowest BCUT2D eigenvalue weighted by Gasteiger charge is -2.26. The zero-order chi connectivity index (χ0) is 22.4. The number of rotatable bonds is 10. The Balaban J connectivity index is 1.17. The van der Waals surface area contributed by atoms with Crippen LogP contribution in [-0.4, -0.2) is 51.2 Å². The van der Waals surface area contributed by atoms with E-state index in [1.165, 1.54) is 17.7 Å². The third-order valence-corrected chi connectivity index (χ3v) is 8.31. The minimum Gasteiger partial charge on any atom is -0.354 e. The van der Waals surface area contributed by atoms with Gasteiger partial charge in [0, 0.05) is 30.0 Å². The Kier molecular flexibility index (Phi) is 7.59. The van der Waals surface area contributed by atoms with Gasteiger partial charge in [0.1, 0.15) is 5.84 Å². The molecule has 0 bridgehead atoms. The molecule has 2 aliphatic rings. The standard InChI is InChI=1S/C23H30N4O3S2/c28-22(25-17-19(20-10-8-16-31-20)27-14-6-7-15-27)12-2-1-5-13-24-23-18-9-3-4-11-21(18)32(29,30)26-23/h3-4,8-11,16,19H,1-2,5-7,12-15,17H2,(H,24,26)(H,25,28).